The third-order valence-electron chi connectivity index (χ3n) is 3.57. The fourth-order valence-corrected chi connectivity index (χ4v) is 2.81. The van der Waals surface area contributed by atoms with Crippen molar-refractivity contribution >= 4 is 22.1 Å². The maximum Gasteiger partial charge on any atom is 0.410 e. The van der Waals surface area contributed by atoms with Gasteiger partial charge in [0.2, 0.25) is 10.0 Å². The number of nitrogens with two attached hydrogens (primary N) is 1. The molecule has 1 aliphatic rings. The summed E-state index contributed by atoms with van der Waals surface area (Å²) in [4.78, 5) is 19.9. The molecule has 1 rings (SSSR count). The predicted molar refractivity (Wildman–Crippen MR) is 97.9 cm³/mol. The van der Waals surface area contributed by atoms with E-state index in [0.29, 0.717) is 51.6 Å². The number of hydrogen-bond donors (Lipinski definition) is 2. The van der Waals surface area contributed by atoms with Crippen LogP contribution in [0.5, 0.6) is 0 Å². The number of nitrogens with zero attached hydrogens (tertiary/aromatic N) is 3. The summed E-state index contributed by atoms with van der Waals surface area (Å²) in [5.74, 6) is 0.488. The van der Waals surface area contributed by atoms with Gasteiger partial charge in [-0.1, -0.05) is 0 Å². The Morgan fingerprint density at radius 1 is 1.20 bits per heavy atom. The number of guanidine groups is 1. The summed E-state index contributed by atoms with van der Waals surface area (Å²) in [6.45, 7) is 10.2. The first-order valence-corrected chi connectivity index (χ1v) is 10.2. The van der Waals surface area contributed by atoms with Gasteiger partial charge in [-0.15, -0.1) is 0 Å². The number of sulfonamides is 1. The molecule has 0 aromatic rings. The number of carbonyl (C=O) groups is 1. The van der Waals surface area contributed by atoms with Gasteiger partial charge in [0, 0.05) is 39.3 Å². The van der Waals surface area contributed by atoms with E-state index in [9.17, 15) is 13.2 Å². The van der Waals surface area contributed by atoms with Gasteiger partial charge in [-0.2, -0.15) is 0 Å². The molecule has 0 saturated carbocycles. The number of rotatable bonds is 6. The molecule has 0 aromatic carbocycles. The van der Waals surface area contributed by atoms with E-state index in [0.717, 1.165) is 0 Å². The van der Waals surface area contributed by atoms with Crippen molar-refractivity contribution in [3.05, 3.63) is 0 Å². The van der Waals surface area contributed by atoms with E-state index in [1.54, 1.807) is 11.8 Å². The van der Waals surface area contributed by atoms with Gasteiger partial charge in [0.25, 0.3) is 0 Å². The highest BCUT2D eigenvalue weighted by molar-refractivity contribution is 7.89. The SMILES string of the molecule is CCS(=O)(=O)NCCCN=C(N)N1CCN(C(=O)OC(C)(C)C)CC1. The molecular weight excluding hydrogens is 346 g/mol. The Bertz CT molecular complexity index is 563. The van der Waals surface area contributed by atoms with E-state index < -0.39 is 15.6 Å². The van der Waals surface area contributed by atoms with Crippen LogP contribution < -0.4 is 10.5 Å². The maximum atomic E-state index is 12.0. The maximum absolute atomic E-state index is 12.0. The lowest BCUT2D eigenvalue weighted by Gasteiger charge is -2.36. The molecule has 9 nitrogen and oxygen atoms in total. The monoisotopic (exact) mass is 377 g/mol. The van der Waals surface area contributed by atoms with Gasteiger partial charge in [-0.05, 0) is 34.1 Å². The largest absolute Gasteiger partial charge is 0.444 e. The number of ether oxygens (including phenoxy) is 1. The van der Waals surface area contributed by atoms with Crippen molar-refractivity contribution in [1.29, 1.82) is 0 Å². The van der Waals surface area contributed by atoms with Gasteiger partial charge in [-0.25, -0.2) is 17.9 Å². The number of amides is 1. The fraction of sp³-hybridized carbons (Fsp3) is 0.867. The smallest absolute Gasteiger partial charge is 0.410 e. The highest BCUT2D eigenvalue weighted by Gasteiger charge is 2.26. The van der Waals surface area contributed by atoms with E-state index in [4.69, 9.17) is 10.5 Å². The van der Waals surface area contributed by atoms with Crippen molar-refractivity contribution < 1.29 is 17.9 Å². The minimum atomic E-state index is -3.16. The Morgan fingerprint density at radius 3 is 2.28 bits per heavy atom. The molecule has 1 amide bonds. The zero-order chi connectivity index (χ0) is 19.1. The minimum Gasteiger partial charge on any atom is -0.444 e. The van der Waals surface area contributed by atoms with Crippen molar-refractivity contribution in [3.63, 3.8) is 0 Å². The first kappa shape index (κ1) is 21.5. The van der Waals surface area contributed by atoms with Crippen LogP contribution in [0.3, 0.4) is 0 Å². The Morgan fingerprint density at radius 2 is 1.76 bits per heavy atom. The molecule has 1 heterocycles. The number of carbonyl (C=O) groups excluding carboxylic acids is 1. The Labute approximate surface area is 150 Å². The lowest BCUT2D eigenvalue weighted by Crippen LogP contribution is -2.53. The molecule has 0 aliphatic carbocycles. The summed E-state index contributed by atoms with van der Waals surface area (Å²) < 4.78 is 30.4. The molecule has 146 valence electrons. The molecule has 0 unspecified atom stereocenters. The highest BCUT2D eigenvalue weighted by Crippen LogP contribution is 2.11. The number of hydrogen-bond acceptors (Lipinski definition) is 5. The second-order valence-corrected chi connectivity index (χ2v) is 8.94. The predicted octanol–water partition coefficient (Wildman–Crippen LogP) is 0.183. The van der Waals surface area contributed by atoms with Crippen molar-refractivity contribution in [2.45, 2.75) is 39.7 Å². The van der Waals surface area contributed by atoms with Gasteiger partial charge < -0.3 is 20.3 Å². The molecule has 25 heavy (non-hydrogen) atoms. The van der Waals surface area contributed by atoms with Crippen LogP contribution >= 0.6 is 0 Å². The molecule has 10 heteroatoms. The van der Waals surface area contributed by atoms with Crippen LogP contribution in [-0.2, 0) is 14.8 Å². The average Bonchev–Trinajstić information content (AvgIpc) is 2.53. The molecule has 0 radical (unpaired) electrons. The van der Waals surface area contributed by atoms with E-state index >= 15 is 0 Å². The zero-order valence-corrected chi connectivity index (χ0v) is 16.4. The van der Waals surface area contributed by atoms with Crippen LogP contribution in [0.25, 0.3) is 0 Å². The topological polar surface area (TPSA) is 117 Å². The van der Waals surface area contributed by atoms with Crippen molar-refractivity contribution in [1.82, 2.24) is 14.5 Å². The van der Waals surface area contributed by atoms with Crippen LogP contribution in [0.15, 0.2) is 4.99 Å². The van der Waals surface area contributed by atoms with E-state index in [1.807, 2.05) is 25.7 Å². The van der Waals surface area contributed by atoms with E-state index in [-0.39, 0.29) is 11.8 Å². The number of piperazine rings is 1. The lowest BCUT2D eigenvalue weighted by atomic mass is 10.2. The lowest BCUT2D eigenvalue weighted by molar-refractivity contribution is 0.0186. The van der Waals surface area contributed by atoms with Crippen LogP contribution in [0.1, 0.15) is 34.1 Å². The summed E-state index contributed by atoms with van der Waals surface area (Å²) in [6, 6.07) is 0. The zero-order valence-electron chi connectivity index (χ0n) is 15.6. The highest BCUT2D eigenvalue weighted by atomic mass is 32.2. The number of aliphatic imine (C=N–C) groups is 1. The molecule has 1 aliphatic heterocycles. The van der Waals surface area contributed by atoms with Crippen LogP contribution in [0.2, 0.25) is 0 Å². The molecular formula is C15H31N5O4S. The fourth-order valence-electron chi connectivity index (χ4n) is 2.15. The molecule has 3 N–H and O–H groups in total. The second-order valence-electron chi connectivity index (χ2n) is 6.85. The molecule has 1 saturated heterocycles. The molecule has 0 bridgehead atoms. The average molecular weight is 378 g/mol. The first-order chi connectivity index (χ1) is 11.5. The summed E-state index contributed by atoms with van der Waals surface area (Å²) >= 11 is 0. The molecule has 0 spiro atoms. The number of nitrogens with one attached hydrogen (secondary N) is 1. The normalized spacial score (nSPS) is 16.9. The van der Waals surface area contributed by atoms with Crippen LogP contribution in [0.4, 0.5) is 4.79 Å². The van der Waals surface area contributed by atoms with Gasteiger partial charge in [0.05, 0.1) is 5.75 Å². The molecule has 0 aromatic heterocycles. The Hall–Kier alpha value is -1.55. The summed E-state index contributed by atoms with van der Waals surface area (Å²) in [6.07, 6.45) is 0.267. The Kier molecular flexibility index (Phi) is 7.94. The van der Waals surface area contributed by atoms with E-state index in [2.05, 4.69) is 9.71 Å². The summed E-state index contributed by atoms with van der Waals surface area (Å²) in [7, 11) is -3.16. The van der Waals surface area contributed by atoms with Crippen LogP contribution in [0, 0.1) is 0 Å². The Balaban J connectivity index is 2.32. The molecule has 0 atom stereocenters. The minimum absolute atomic E-state index is 0.0698. The van der Waals surface area contributed by atoms with Gasteiger partial charge >= 0.3 is 6.09 Å². The summed E-state index contributed by atoms with van der Waals surface area (Å²) in [5, 5.41) is 0. The first-order valence-electron chi connectivity index (χ1n) is 8.54. The van der Waals surface area contributed by atoms with Crippen molar-refractivity contribution in [3.8, 4) is 0 Å². The third kappa shape index (κ3) is 8.39. The van der Waals surface area contributed by atoms with Crippen LogP contribution in [-0.4, -0.2) is 80.9 Å². The van der Waals surface area contributed by atoms with Gasteiger partial charge in [-0.3, -0.25) is 4.99 Å². The summed E-state index contributed by atoms with van der Waals surface area (Å²) in [5.41, 5.74) is 5.46. The van der Waals surface area contributed by atoms with Gasteiger partial charge in [0.15, 0.2) is 5.96 Å². The van der Waals surface area contributed by atoms with Crippen molar-refractivity contribution in [2.24, 2.45) is 10.7 Å². The standard InChI is InChI=1S/C15H31N5O4S/c1-5-25(22,23)18-8-6-7-17-13(16)19-9-11-20(12-10-19)14(21)24-15(2,3)4/h18H,5-12H2,1-4H3,(H2,16,17). The van der Waals surface area contributed by atoms with E-state index in [1.165, 1.54) is 0 Å². The second kappa shape index (κ2) is 9.23. The quantitative estimate of drug-likeness (QED) is 0.387. The van der Waals surface area contributed by atoms with Gasteiger partial charge in [0.1, 0.15) is 5.60 Å². The van der Waals surface area contributed by atoms with Crippen molar-refractivity contribution in [2.75, 3.05) is 45.0 Å². The molecule has 1 fully saturated rings. The third-order valence-corrected chi connectivity index (χ3v) is 4.97.